The van der Waals surface area contributed by atoms with E-state index in [2.05, 4.69) is 17.3 Å². The second kappa shape index (κ2) is 6.80. The van der Waals surface area contributed by atoms with Crippen LogP contribution in [0.25, 0.3) is 0 Å². The number of aryl methyl sites for hydroxylation is 2. The minimum atomic E-state index is -0.560. The van der Waals surface area contributed by atoms with Gasteiger partial charge in [-0.3, -0.25) is 4.68 Å². The number of nitrogens with one attached hydrogen (secondary N) is 1. The Kier molecular flexibility index (Phi) is 5.07. The Bertz CT molecular complexity index is 587. The molecule has 2 rings (SSSR count). The Morgan fingerprint density at radius 3 is 2.43 bits per heavy atom. The number of halogens is 2. The van der Waals surface area contributed by atoms with Gasteiger partial charge in [-0.1, -0.05) is 13.8 Å². The number of aromatic nitrogens is 2. The van der Waals surface area contributed by atoms with Crippen LogP contribution < -0.4 is 5.32 Å². The molecule has 0 saturated carbocycles. The summed E-state index contributed by atoms with van der Waals surface area (Å²) in [6, 6.07) is 3.40. The van der Waals surface area contributed by atoms with Crippen molar-refractivity contribution in [1.82, 2.24) is 15.1 Å². The summed E-state index contributed by atoms with van der Waals surface area (Å²) in [5.41, 5.74) is 2.50. The molecule has 1 aromatic carbocycles. The molecule has 1 N–H and O–H groups in total. The topological polar surface area (TPSA) is 29.9 Å². The Morgan fingerprint density at radius 2 is 1.86 bits per heavy atom. The summed E-state index contributed by atoms with van der Waals surface area (Å²) in [6.07, 6.45) is 3.63. The van der Waals surface area contributed by atoms with E-state index in [1.165, 1.54) is 12.1 Å². The minimum absolute atomic E-state index is 0.251. The highest BCUT2D eigenvalue weighted by Crippen LogP contribution is 2.26. The highest BCUT2D eigenvalue weighted by atomic mass is 19.1. The molecule has 5 heteroatoms. The fourth-order valence-corrected chi connectivity index (χ4v) is 2.51. The quantitative estimate of drug-likeness (QED) is 0.885. The first-order valence-corrected chi connectivity index (χ1v) is 7.27. The second-order valence-electron chi connectivity index (χ2n) is 5.15. The molecule has 0 aliphatic carbocycles. The van der Waals surface area contributed by atoms with Gasteiger partial charge >= 0.3 is 0 Å². The van der Waals surface area contributed by atoms with Crippen molar-refractivity contribution in [3.8, 4) is 0 Å². The molecule has 3 nitrogen and oxygen atoms in total. The molecule has 0 fully saturated rings. The highest BCUT2D eigenvalue weighted by Gasteiger charge is 2.20. The van der Waals surface area contributed by atoms with Crippen molar-refractivity contribution in [3.63, 3.8) is 0 Å². The first-order valence-electron chi connectivity index (χ1n) is 7.27. The summed E-state index contributed by atoms with van der Waals surface area (Å²) in [6.45, 7) is 4.84. The average Bonchev–Trinajstić information content (AvgIpc) is 2.79. The maximum absolute atomic E-state index is 13.5. The summed E-state index contributed by atoms with van der Waals surface area (Å²) < 4.78 is 28.8. The SMILES string of the molecule is CCCNC(c1cc(F)cc(F)c1)c1cn(C)nc1CC. The van der Waals surface area contributed by atoms with Gasteiger partial charge in [-0.15, -0.1) is 0 Å². The van der Waals surface area contributed by atoms with Gasteiger partial charge in [-0.2, -0.15) is 5.10 Å². The third-order valence-corrected chi connectivity index (χ3v) is 3.40. The van der Waals surface area contributed by atoms with Crippen LogP contribution in [0.15, 0.2) is 24.4 Å². The van der Waals surface area contributed by atoms with E-state index in [-0.39, 0.29) is 6.04 Å². The van der Waals surface area contributed by atoms with Crippen molar-refractivity contribution in [3.05, 3.63) is 52.9 Å². The fraction of sp³-hybridized carbons (Fsp3) is 0.438. The third-order valence-electron chi connectivity index (χ3n) is 3.40. The molecule has 1 unspecified atom stereocenters. The Balaban J connectivity index is 2.46. The van der Waals surface area contributed by atoms with Gasteiger partial charge in [0.05, 0.1) is 11.7 Å². The van der Waals surface area contributed by atoms with Gasteiger partial charge < -0.3 is 5.32 Å². The first kappa shape index (κ1) is 15.6. The lowest BCUT2D eigenvalue weighted by molar-refractivity contribution is 0.557. The Morgan fingerprint density at radius 1 is 1.19 bits per heavy atom. The van der Waals surface area contributed by atoms with Crippen molar-refractivity contribution < 1.29 is 8.78 Å². The molecule has 1 atom stereocenters. The monoisotopic (exact) mass is 293 g/mol. The van der Waals surface area contributed by atoms with E-state index in [1.807, 2.05) is 20.2 Å². The molecule has 0 bridgehead atoms. The van der Waals surface area contributed by atoms with Crippen molar-refractivity contribution in [2.45, 2.75) is 32.7 Å². The maximum Gasteiger partial charge on any atom is 0.126 e. The summed E-state index contributed by atoms with van der Waals surface area (Å²) >= 11 is 0. The molecule has 0 amide bonds. The predicted molar refractivity (Wildman–Crippen MR) is 79.1 cm³/mol. The van der Waals surface area contributed by atoms with E-state index in [0.29, 0.717) is 5.56 Å². The number of benzene rings is 1. The largest absolute Gasteiger partial charge is 0.306 e. The molecule has 2 aromatic rings. The molecule has 0 aliphatic rings. The third kappa shape index (κ3) is 3.67. The molecule has 0 saturated heterocycles. The van der Waals surface area contributed by atoms with Gasteiger partial charge in [0.25, 0.3) is 0 Å². The molecule has 0 aliphatic heterocycles. The molecule has 0 spiro atoms. The van der Waals surface area contributed by atoms with Crippen LogP contribution in [0.2, 0.25) is 0 Å². The van der Waals surface area contributed by atoms with Crippen LogP contribution in [0.4, 0.5) is 8.78 Å². The van der Waals surface area contributed by atoms with E-state index in [4.69, 9.17) is 0 Å². The summed E-state index contributed by atoms with van der Waals surface area (Å²) in [5, 5.41) is 7.78. The fourth-order valence-electron chi connectivity index (χ4n) is 2.51. The molecule has 21 heavy (non-hydrogen) atoms. The van der Waals surface area contributed by atoms with Gasteiger partial charge in [0.1, 0.15) is 11.6 Å². The molecule has 0 radical (unpaired) electrons. The number of rotatable bonds is 6. The zero-order valence-electron chi connectivity index (χ0n) is 12.7. The second-order valence-corrected chi connectivity index (χ2v) is 5.15. The van der Waals surface area contributed by atoms with Gasteiger partial charge in [-0.25, -0.2) is 8.78 Å². The van der Waals surface area contributed by atoms with Crippen LogP contribution in [-0.4, -0.2) is 16.3 Å². The molecule has 1 heterocycles. The zero-order valence-corrected chi connectivity index (χ0v) is 12.7. The summed E-state index contributed by atoms with van der Waals surface area (Å²) in [7, 11) is 1.85. The van der Waals surface area contributed by atoms with Gasteiger partial charge in [0, 0.05) is 24.9 Å². The minimum Gasteiger partial charge on any atom is -0.306 e. The van der Waals surface area contributed by atoms with Crippen molar-refractivity contribution >= 4 is 0 Å². The lowest BCUT2D eigenvalue weighted by Gasteiger charge is -2.19. The smallest absolute Gasteiger partial charge is 0.126 e. The van der Waals surface area contributed by atoms with E-state index in [1.54, 1.807) is 4.68 Å². The van der Waals surface area contributed by atoms with Crippen LogP contribution in [-0.2, 0) is 13.5 Å². The number of hydrogen-bond donors (Lipinski definition) is 1. The van der Waals surface area contributed by atoms with Crippen LogP contribution in [0.5, 0.6) is 0 Å². The number of nitrogens with zero attached hydrogens (tertiary/aromatic N) is 2. The van der Waals surface area contributed by atoms with Crippen molar-refractivity contribution in [1.29, 1.82) is 0 Å². The van der Waals surface area contributed by atoms with Crippen LogP contribution in [0, 0.1) is 11.6 Å². The molecular formula is C16H21F2N3. The standard InChI is InChI=1S/C16H21F2N3/c1-4-6-19-16(11-7-12(17)9-13(18)8-11)14-10-21(3)20-15(14)5-2/h7-10,16,19H,4-6H2,1-3H3. The zero-order chi connectivity index (χ0) is 15.4. The Hall–Kier alpha value is -1.75. The van der Waals surface area contributed by atoms with Crippen LogP contribution >= 0.6 is 0 Å². The molecule has 114 valence electrons. The van der Waals surface area contributed by atoms with Gasteiger partial charge in [-0.05, 0) is 37.1 Å². The molecular weight excluding hydrogens is 272 g/mol. The van der Waals surface area contributed by atoms with Crippen LogP contribution in [0.1, 0.15) is 43.1 Å². The van der Waals surface area contributed by atoms with Crippen molar-refractivity contribution in [2.75, 3.05) is 6.54 Å². The lowest BCUT2D eigenvalue weighted by atomic mass is 9.98. The Labute approximate surface area is 124 Å². The van der Waals surface area contributed by atoms with E-state index < -0.39 is 11.6 Å². The van der Waals surface area contributed by atoms with E-state index in [9.17, 15) is 8.78 Å². The number of hydrogen-bond acceptors (Lipinski definition) is 2. The predicted octanol–water partition coefficient (Wildman–Crippen LogP) is 3.35. The molecule has 1 aromatic heterocycles. The highest BCUT2D eigenvalue weighted by molar-refractivity contribution is 5.34. The lowest BCUT2D eigenvalue weighted by Crippen LogP contribution is -2.24. The van der Waals surface area contributed by atoms with E-state index >= 15 is 0 Å². The first-order chi connectivity index (χ1) is 10.0. The maximum atomic E-state index is 13.5. The van der Waals surface area contributed by atoms with Crippen molar-refractivity contribution in [2.24, 2.45) is 7.05 Å². The van der Waals surface area contributed by atoms with Crippen LogP contribution in [0.3, 0.4) is 0 Å². The van der Waals surface area contributed by atoms with Gasteiger partial charge in [0.15, 0.2) is 0 Å². The van der Waals surface area contributed by atoms with Gasteiger partial charge in [0.2, 0.25) is 0 Å². The van der Waals surface area contributed by atoms with E-state index in [0.717, 1.165) is 36.7 Å². The summed E-state index contributed by atoms with van der Waals surface area (Å²) in [4.78, 5) is 0. The normalized spacial score (nSPS) is 12.6. The summed E-state index contributed by atoms with van der Waals surface area (Å²) in [5.74, 6) is -1.12. The average molecular weight is 293 g/mol.